The molecule has 15 nitrogen and oxygen atoms in total. The van der Waals surface area contributed by atoms with Gasteiger partial charge in [-0.3, -0.25) is 14.5 Å². The first-order valence-corrected chi connectivity index (χ1v) is 19.1. The van der Waals surface area contributed by atoms with E-state index >= 15 is 0 Å². The smallest absolute Gasteiger partial charge is 0.320 e. The van der Waals surface area contributed by atoms with Crippen molar-refractivity contribution in [1.82, 2.24) is 34.6 Å². The second kappa shape index (κ2) is 17.9. The Hall–Kier alpha value is -5.67. The highest BCUT2D eigenvalue weighted by Crippen LogP contribution is 2.39. The van der Waals surface area contributed by atoms with Crippen molar-refractivity contribution in [3.05, 3.63) is 89.7 Å². The Morgan fingerprint density at radius 3 is 2.54 bits per heavy atom. The molecule has 3 atom stereocenters. The van der Waals surface area contributed by atoms with Crippen LogP contribution in [0.3, 0.4) is 0 Å². The number of fused-ring (bicyclic) bond motifs is 2. The van der Waals surface area contributed by atoms with Gasteiger partial charge in [-0.25, -0.2) is 9.48 Å². The first-order chi connectivity index (χ1) is 27.0. The molecule has 1 fully saturated rings. The van der Waals surface area contributed by atoms with Crippen LogP contribution in [0, 0.1) is 0 Å². The summed E-state index contributed by atoms with van der Waals surface area (Å²) in [4.78, 5) is 26.5. The first-order valence-electron chi connectivity index (χ1n) is 19.1. The zero-order valence-electron chi connectivity index (χ0n) is 32.8. The quantitative estimate of drug-likeness (QED) is 0.110. The zero-order valence-corrected chi connectivity index (χ0v) is 32.8. The molecular weight excluding hydrogens is 715 g/mol. The molecule has 0 bridgehead atoms. The van der Waals surface area contributed by atoms with E-state index < -0.39 is 5.41 Å². The third-order valence-electron chi connectivity index (χ3n) is 10.3. The number of pyridine rings is 1. The number of hydrogen-bond donors (Lipinski definition) is 4. The van der Waals surface area contributed by atoms with E-state index in [-0.39, 0.29) is 31.3 Å². The average molecular weight is 768 g/mol. The molecule has 1 saturated heterocycles. The lowest BCUT2D eigenvalue weighted by Gasteiger charge is -2.33. The number of carboxylic acid groups (broad SMARTS) is 1. The van der Waals surface area contributed by atoms with E-state index in [9.17, 15) is 9.90 Å². The number of nitrogens with one attached hydrogen (secondary N) is 2. The molecule has 4 N–H and O–H groups in total. The molecule has 15 heteroatoms. The molecule has 1 aliphatic carbocycles. The summed E-state index contributed by atoms with van der Waals surface area (Å²) >= 11 is 0. The van der Waals surface area contributed by atoms with Crippen LogP contribution in [-0.4, -0.2) is 98.4 Å². The van der Waals surface area contributed by atoms with Gasteiger partial charge in [-0.15, -0.1) is 10.2 Å². The maximum absolute atomic E-state index is 13.7. The maximum atomic E-state index is 13.7. The molecule has 3 aromatic heterocycles. The number of nitrogens with zero attached hydrogens (tertiary/aromatic N) is 7. The Balaban J connectivity index is 0.00000172. The van der Waals surface area contributed by atoms with Gasteiger partial charge in [-0.05, 0) is 88.5 Å². The van der Waals surface area contributed by atoms with Crippen molar-refractivity contribution in [2.75, 3.05) is 50.6 Å². The summed E-state index contributed by atoms with van der Waals surface area (Å²) in [5.74, 6) is 2.78. The summed E-state index contributed by atoms with van der Waals surface area (Å²) in [6.07, 6.45) is 6.74. The fraction of sp³-hybridized carbons (Fsp3) is 0.439. The molecule has 56 heavy (non-hydrogen) atoms. The molecule has 1 unspecified atom stereocenters. The van der Waals surface area contributed by atoms with Gasteiger partial charge >= 0.3 is 6.03 Å². The second-order valence-electron chi connectivity index (χ2n) is 15.2. The predicted molar refractivity (Wildman–Crippen MR) is 214 cm³/mol. The van der Waals surface area contributed by atoms with Crippen LogP contribution in [-0.2, 0) is 10.2 Å². The summed E-state index contributed by atoms with van der Waals surface area (Å²) < 4.78 is 16.4. The van der Waals surface area contributed by atoms with Crippen LogP contribution in [0.5, 0.6) is 11.5 Å². The number of carbonyl (C=O) groups excluding carboxylic acids is 1. The van der Waals surface area contributed by atoms with Crippen molar-refractivity contribution in [1.29, 1.82) is 0 Å². The number of carbonyl (C=O) groups is 2. The highest BCUT2D eigenvalue weighted by atomic mass is 16.5. The number of piperidine rings is 1. The molecule has 298 valence electrons. The highest BCUT2D eigenvalue weighted by molar-refractivity contribution is 5.89. The van der Waals surface area contributed by atoms with Crippen LogP contribution >= 0.6 is 0 Å². The lowest BCUT2D eigenvalue weighted by atomic mass is 9.85. The molecule has 5 aromatic rings. The van der Waals surface area contributed by atoms with Crippen LogP contribution in [0.15, 0.2) is 72.9 Å². The Morgan fingerprint density at radius 2 is 1.79 bits per heavy atom. The summed E-state index contributed by atoms with van der Waals surface area (Å²) in [5.41, 5.74) is 3.61. The van der Waals surface area contributed by atoms with Crippen molar-refractivity contribution >= 4 is 29.9 Å². The number of amides is 2. The van der Waals surface area contributed by atoms with Gasteiger partial charge in [0.25, 0.3) is 6.47 Å². The lowest BCUT2D eigenvalue weighted by molar-refractivity contribution is -0.122. The van der Waals surface area contributed by atoms with Crippen LogP contribution in [0.25, 0.3) is 11.3 Å². The molecule has 1 aliphatic heterocycles. The molecule has 7 rings (SSSR count). The lowest BCUT2D eigenvalue weighted by Crippen LogP contribution is -2.38. The molecule has 2 amide bonds. The first kappa shape index (κ1) is 40.0. The minimum absolute atomic E-state index is 0.0999. The largest absolute Gasteiger partial charge is 0.492 e. The zero-order chi connectivity index (χ0) is 39.8. The molecule has 2 aliphatic rings. The van der Waals surface area contributed by atoms with Gasteiger partial charge in [-0.2, -0.15) is 5.10 Å². The van der Waals surface area contributed by atoms with Crippen molar-refractivity contribution in [3.8, 4) is 17.2 Å². The third-order valence-corrected chi connectivity index (χ3v) is 10.3. The molecule has 0 saturated carbocycles. The topological polar surface area (TPSA) is 172 Å². The number of urea groups is 1. The van der Waals surface area contributed by atoms with E-state index in [1.165, 1.54) is 6.42 Å². The fourth-order valence-electron chi connectivity index (χ4n) is 7.15. The number of hydrogen-bond acceptors (Lipinski definition) is 10. The molecule has 0 radical (unpaired) electrons. The minimum Gasteiger partial charge on any atom is -0.492 e. The van der Waals surface area contributed by atoms with Crippen molar-refractivity contribution in [3.63, 3.8) is 0 Å². The van der Waals surface area contributed by atoms with Crippen molar-refractivity contribution in [2.45, 2.75) is 76.5 Å². The van der Waals surface area contributed by atoms with Gasteiger partial charge in [0, 0.05) is 36.7 Å². The fourth-order valence-corrected chi connectivity index (χ4v) is 7.15. The van der Waals surface area contributed by atoms with E-state index in [1.807, 2.05) is 93.1 Å². The standard InChI is InChI=1S/C40H51N9O4.CH2O2/c1-27-11-8-9-20-47(27)39-44-43-36-19-16-30(25-48(36)39)53-34-18-17-33(31-14-6-7-15-32(31)34)41-38(51)42-37-24-35(40(2,3)26-50)45-49(37)28-12-10-13-29(23-28)52-22-21-46(4)5;2-1-3/h6-7,10,12-16,19,23-25,27,33-34,50H,8-9,11,17-18,20-22,26H2,1-5H3,(H2,41,42,51);1H,(H,2,3)/t27?,33-,34+;/m0./s1. The molecular formula is C41H53N9O6. The van der Waals surface area contributed by atoms with Gasteiger partial charge in [0.2, 0.25) is 5.95 Å². The Kier molecular flexibility index (Phi) is 12.8. The summed E-state index contributed by atoms with van der Waals surface area (Å²) in [5, 5.41) is 37.1. The normalized spacial score (nSPS) is 18.1. The van der Waals surface area contributed by atoms with Gasteiger partial charge in [0.1, 0.15) is 30.0 Å². The average Bonchev–Trinajstić information content (AvgIpc) is 3.81. The van der Waals surface area contributed by atoms with Crippen LogP contribution < -0.4 is 25.0 Å². The van der Waals surface area contributed by atoms with Crippen molar-refractivity contribution in [2.24, 2.45) is 0 Å². The number of likely N-dealkylation sites (N-methyl/N-ethyl adjacent to an activating group) is 1. The second-order valence-corrected chi connectivity index (χ2v) is 15.2. The van der Waals surface area contributed by atoms with Gasteiger partial charge in [0.05, 0.1) is 30.2 Å². The molecule has 0 spiro atoms. The monoisotopic (exact) mass is 767 g/mol. The van der Waals surface area contributed by atoms with Gasteiger partial charge in [0.15, 0.2) is 5.65 Å². The number of anilines is 2. The maximum Gasteiger partial charge on any atom is 0.320 e. The number of aliphatic hydroxyl groups excluding tert-OH is 1. The summed E-state index contributed by atoms with van der Waals surface area (Å²) in [6.45, 7) is 8.02. The Bertz CT molecular complexity index is 2100. The van der Waals surface area contributed by atoms with E-state index in [0.717, 1.165) is 60.1 Å². The predicted octanol–water partition coefficient (Wildman–Crippen LogP) is 5.98. The molecule has 4 heterocycles. The summed E-state index contributed by atoms with van der Waals surface area (Å²) in [6, 6.07) is 21.3. The molecule has 2 aromatic carbocycles. The highest BCUT2D eigenvalue weighted by Gasteiger charge is 2.31. The Morgan fingerprint density at radius 1 is 1.00 bits per heavy atom. The van der Waals surface area contributed by atoms with Crippen molar-refractivity contribution < 1.29 is 29.3 Å². The minimum atomic E-state index is -0.623. The van der Waals surface area contributed by atoms with Crippen LogP contribution in [0.1, 0.15) is 81.8 Å². The number of ether oxygens (including phenoxy) is 2. The van der Waals surface area contributed by atoms with Gasteiger partial charge < -0.3 is 34.8 Å². The SMILES string of the molecule is CC1CCCCN1c1nnc2ccc(O[C@@H]3CC[C@H](NC(=O)Nc4cc(C(C)(C)CO)nn4-c4cccc(OCCN(C)C)c4)c4ccccc43)cn12.O=CO. The number of benzene rings is 2. The van der Waals surface area contributed by atoms with E-state index in [2.05, 4.69) is 49.7 Å². The van der Waals surface area contributed by atoms with E-state index in [1.54, 1.807) is 4.68 Å². The number of aromatic nitrogens is 5. The third kappa shape index (κ3) is 9.23. The van der Waals surface area contributed by atoms with E-state index in [0.29, 0.717) is 42.8 Å². The van der Waals surface area contributed by atoms with E-state index in [4.69, 9.17) is 24.5 Å². The Labute approximate surface area is 327 Å². The van der Waals surface area contributed by atoms with Crippen LogP contribution in [0.2, 0.25) is 0 Å². The number of aliphatic hydroxyl groups is 1. The van der Waals surface area contributed by atoms with Gasteiger partial charge in [-0.1, -0.05) is 44.2 Å². The summed E-state index contributed by atoms with van der Waals surface area (Å²) in [7, 11) is 4.00. The number of rotatable bonds is 12. The van der Waals surface area contributed by atoms with Crippen LogP contribution in [0.4, 0.5) is 16.6 Å².